The monoisotopic (exact) mass is 227 g/mol. The second-order valence-corrected chi connectivity index (χ2v) is 4.13. The highest BCUT2D eigenvalue weighted by Gasteiger charge is 2.13. The van der Waals surface area contributed by atoms with Crippen molar-refractivity contribution in [2.24, 2.45) is 5.92 Å². The third-order valence-corrected chi connectivity index (χ3v) is 2.42. The Bertz CT molecular complexity index is 337. The molecule has 0 aliphatic carbocycles. The van der Waals surface area contributed by atoms with Crippen molar-refractivity contribution >= 4 is 17.5 Å². The van der Waals surface area contributed by atoms with Crippen LogP contribution in [-0.2, 0) is 0 Å². The Hall–Kier alpha value is -1.16. The van der Waals surface area contributed by atoms with Crippen molar-refractivity contribution in [3.8, 4) is 0 Å². The average molecular weight is 228 g/mol. The lowest BCUT2D eigenvalue weighted by Gasteiger charge is -2.16. The Morgan fingerprint density at radius 1 is 1.33 bits per heavy atom. The van der Waals surface area contributed by atoms with E-state index in [0.717, 1.165) is 0 Å². The van der Waals surface area contributed by atoms with Gasteiger partial charge in [-0.05, 0) is 25.0 Å². The molecule has 0 radical (unpaired) electrons. The van der Waals surface area contributed by atoms with Gasteiger partial charge in [0, 0.05) is 6.04 Å². The van der Waals surface area contributed by atoms with E-state index in [-0.39, 0.29) is 22.8 Å². The predicted molar refractivity (Wildman–Crippen MR) is 58.8 cm³/mol. The van der Waals surface area contributed by atoms with Gasteiger partial charge in [0.05, 0.1) is 0 Å². The van der Waals surface area contributed by atoms with E-state index in [2.05, 4.69) is 15.5 Å². The summed E-state index contributed by atoms with van der Waals surface area (Å²) in [5, 5.41) is 10.4. The number of rotatable bonds is 3. The third kappa shape index (κ3) is 3.47. The van der Waals surface area contributed by atoms with Crippen LogP contribution >= 0.6 is 11.6 Å². The predicted octanol–water partition coefficient (Wildman–Crippen LogP) is 1.90. The van der Waals surface area contributed by atoms with Crippen molar-refractivity contribution in [2.75, 3.05) is 0 Å². The number of hydrogen-bond donors (Lipinski definition) is 1. The maximum atomic E-state index is 11.6. The van der Waals surface area contributed by atoms with Crippen LogP contribution in [-0.4, -0.2) is 22.1 Å². The van der Waals surface area contributed by atoms with Crippen LogP contribution in [0.2, 0.25) is 5.15 Å². The molecule has 82 valence electrons. The number of amides is 1. The molecular formula is C10H14ClN3O. The van der Waals surface area contributed by atoms with Crippen LogP contribution in [0.1, 0.15) is 31.3 Å². The molecule has 0 bridgehead atoms. The van der Waals surface area contributed by atoms with E-state index in [9.17, 15) is 4.79 Å². The summed E-state index contributed by atoms with van der Waals surface area (Å²) in [7, 11) is 0. The lowest BCUT2D eigenvalue weighted by atomic mass is 10.1. The Kier molecular flexibility index (Phi) is 4.03. The summed E-state index contributed by atoms with van der Waals surface area (Å²) >= 11 is 5.57. The molecule has 4 nitrogen and oxygen atoms in total. The molecule has 1 heterocycles. The Balaban J connectivity index is 2.65. The minimum atomic E-state index is -0.222. The van der Waals surface area contributed by atoms with Crippen LogP contribution < -0.4 is 5.32 Å². The summed E-state index contributed by atoms with van der Waals surface area (Å²) in [6.45, 7) is 6.03. The minimum Gasteiger partial charge on any atom is -0.348 e. The van der Waals surface area contributed by atoms with Gasteiger partial charge >= 0.3 is 0 Å². The zero-order valence-electron chi connectivity index (χ0n) is 8.99. The van der Waals surface area contributed by atoms with Gasteiger partial charge in [-0.15, -0.1) is 10.2 Å². The summed E-state index contributed by atoms with van der Waals surface area (Å²) in [4.78, 5) is 11.6. The molecule has 1 aromatic heterocycles. The number of hydrogen-bond acceptors (Lipinski definition) is 3. The zero-order valence-corrected chi connectivity index (χ0v) is 9.75. The topological polar surface area (TPSA) is 54.9 Å². The second-order valence-electron chi connectivity index (χ2n) is 3.75. The van der Waals surface area contributed by atoms with Crippen LogP contribution in [0.15, 0.2) is 12.1 Å². The van der Waals surface area contributed by atoms with Crippen LogP contribution in [0.3, 0.4) is 0 Å². The lowest BCUT2D eigenvalue weighted by molar-refractivity contribution is 0.0924. The maximum absolute atomic E-state index is 11.6. The lowest BCUT2D eigenvalue weighted by Crippen LogP contribution is -2.36. The number of nitrogens with one attached hydrogen (secondary N) is 1. The normalized spacial score (nSPS) is 12.6. The quantitative estimate of drug-likeness (QED) is 0.858. The van der Waals surface area contributed by atoms with Gasteiger partial charge in [0.1, 0.15) is 0 Å². The van der Waals surface area contributed by atoms with E-state index < -0.39 is 0 Å². The number of halogens is 1. The van der Waals surface area contributed by atoms with Crippen LogP contribution in [0.5, 0.6) is 0 Å². The van der Waals surface area contributed by atoms with Crippen molar-refractivity contribution in [3.05, 3.63) is 23.0 Å². The molecule has 1 amide bonds. The third-order valence-electron chi connectivity index (χ3n) is 2.22. The average Bonchev–Trinajstić information content (AvgIpc) is 2.18. The van der Waals surface area contributed by atoms with Gasteiger partial charge in [-0.2, -0.15) is 0 Å². The van der Waals surface area contributed by atoms with E-state index in [1.165, 1.54) is 0 Å². The first-order chi connectivity index (χ1) is 7.00. The summed E-state index contributed by atoms with van der Waals surface area (Å²) in [6.07, 6.45) is 0. The minimum absolute atomic E-state index is 0.106. The highest BCUT2D eigenvalue weighted by atomic mass is 35.5. The largest absolute Gasteiger partial charge is 0.348 e. The van der Waals surface area contributed by atoms with E-state index in [1.54, 1.807) is 12.1 Å². The molecule has 0 fully saturated rings. The summed E-state index contributed by atoms with van der Waals surface area (Å²) in [5.74, 6) is 0.162. The molecule has 1 atom stereocenters. The number of aromatic nitrogens is 2. The molecule has 1 rings (SSSR count). The second kappa shape index (κ2) is 5.07. The van der Waals surface area contributed by atoms with Gasteiger partial charge in [-0.1, -0.05) is 25.4 Å². The Morgan fingerprint density at radius 3 is 2.47 bits per heavy atom. The fourth-order valence-electron chi connectivity index (χ4n) is 0.884. The molecule has 0 aliphatic heterocycles. The van der Waals surface area contributed by atoms with E-state index >= 15 is 0 Å². The molecule has 5 heteroatoms. The smallest absolute Gasteiger partial charge is 0.272 e. The van der Waals surface area contributed by atoms with E-state index in [0.29, 0.717) is 5.92 Å². The van der Waals surface area contributed by atoms with E-state index in [1.807, 2.05) is 20.8 Å². The van der Waals surface area contributed by atoms with Gasteiger partial charge in [0.2, 0.25) is 0 Å². The molecule has 0 saturated heterocycles. The molecule has 0 aliphatic rings. The Labute approximate surface area is 94.0 Å². The van der Waals surface area contributed by atoms with Gasteiger partial charge in [-0.3, -0.25) is 4.79 Å². The van der Waals surface area contributed by atoms with Gasteiger partial charge < -0.3 is 5.32 Å². The molecule has 15 heavy (non-hydrogen) atoms. The van der Waals surface area contributed by atoms with Gasteiger partial charge in [0.25, 0.3) is 5.91 Å². The fraction of sp³-hybridized carbons (Fsp3) is 0.500. The summed E-state index contributed by atoms with van der Waals surface area (Å²) in [5.41, 5.74) is 0.284. The standard InChI is InChI=1S/C10H14ClN3O/c1-6(2)7(3)12-10(15)8-4-5-9(11)14-13-8/h4-7H,1-3H3,(H,12,15). The molecule has 1 aromatic rings. The van der Waals surface area contributed by atoms with Gasteiger partial charge in [-0.25, -0.2) is 0 Å². The van der Waals surface area contributed by atoms with Crippen LogP contribution in [0.25, 0.3) is 0 Å². The molecule has 0 spiro atoms. The van der Waals surface area contributed by atoms with Crippen molar-refractivity contribution < 1.29 is 4.79 Å². The maximum Gasteiger partial charge on any atom is 0.272 e. The molecule has 1 N–H and O–H groups in total. The van der Waals surface area contributed by atoms with Crippen LogP contribution in [0, 0.1) is 5.92 Å². The number of carbonyl (C=O) groups excluding carboxylic acids is 1. The first kappa shape index (κ1) is 11.9. The van der Waals surface area contributed by atoms with Crippen LogP contribution in [0.4, 0.5) is 0 Å². The number of nitrogens with zero attached hydrogens (tertiary/aromatic N) is 2. The van der Waals surface area contributed by atoms with Crippen molar-refractivity contribution in [3.63, 3.8) is 0 Å². The molecule has 1 unspecified atom stereocenters. The molecule has 0 saturated carbocycles. The van der Waals surface area contributed by atoms with Crippen molar-refractivity contribution in [2.45, 2.75) is 26.8 Å². The van der Waals surface area contributed by atoms with E-state index in [4.69, 9.17) is 11.6 Å². The summed E-state index contributed by atoms with van der Waals surface area (Å²) < 4.78 is 0. The zero-order chi connectivity index (χ0) is 11.4. The Morgan fingerprint density at radius 2 is 2.00 bits per heavy atom. The fourth-order valence-corrected chi connectivity index (χ4v) is 0.985. The van der Waals surface area contributed by atoms with Gasteiger partial charge in [0.15, 0.2) is 10.8 Å². The highest BCUT2D eigenvalue weighted by Crippen LogP contribution is 2.04. The molecule has 0 aromatic carbocycles. The first-order valence-electron chi connectivity index (χ1n) is 4.81. The summed E-state index contributed by atoms with van der Waals surface area (Å²) in [6, 6.07) is 3.20. The number of carbonyl (C=O) groups is 1. The molecular weight excluding hydrogens is 214 g/mol. The highest BCUT2D eigenvalue weighted by molar-refractivity contribution is 6.29. The van der Waals surface area contributed by atoms with Crippen molar-refractivity contribution in [1.29, 1.82) is 0 Å². The SMILES string of the molecule is CC(C)C(C)NC(=O)c1ccc(Cl)nn1. The van der Waals surface area contributed by atoms with Crippen molar-refractivity contribution in [1.82, 2.24) is 15.5 Å². The first-order valence-corrected chi connectivity index (χ1v) is 5.18.